The number of hydrogen-bond acceptors (Lipinski definition) is 1. The van der Waals surface area contributed by atoms with Crippen molar-refractivity contribution in [1.29, 1.82) is 0 Å². The highest BCUT2D eigenvalue weighted by atomic mass is 79.9. The molecule has 0 bridgehead atoms. The fourth-order valence-electron chi connectivity index (χ4n) is 2.92. The van der Waals surface area contributed by atoms with E-state index in [9.17, 15) is 0 Å². The van der Waals surface area contributed by atoms with Gasteiger partial charge in [0.15, 0.2) is 0 Å². The zero-order valence-electron chi connectivity index (χ0n) is 14.5. The number of benzene rings is 3. The first-order valence-electron chi connectivity index (χ1n) is 8.40. The highest BCUT2D eigenvalue weighted by molar-refractivity contribution is 9.10. The van der Waals surface area contributed by atoms with Crippen LogP contribution < -0.4 is 0 Å². The largest absolute Gasteiger partial charge is 0.231 e. The van der Waals surface area contributed by atoms with Gasteiger partial charge >= 0.3 is 0 Å². The van der Waals surface area contributed by atoms with E-state index in [0.717, 1.165) is 37.1 Å². The van der Waals surface area contributed by atoms with Gasteiger partial charge in [0.2, 0.25) is 0 Å². The normalized spacial score (nSPS) is 11.0. The first-order chi connectivity index (χ1) is 13.0. The van der Waals surface area contributed by atoms with Gasteiger partial charge in [0, 0.05) is 20.1 Å². The van der Waals surface area contributed by atoms with Gasteiger partial charge in [-0.3, -0.25) is 0 Å². The molecule has 0 atom stereocenters. The average Bonchev–Trinajstić information content (AvgIpc) is 3.01. The zero-order valence-corrected chi connectivity index (χ0v) is 18.4. The molecule has 0 aliphatic rings. The summed E-state index contributed by atoms with van der Waals surface area (Å²) in [6.07, 6.45) is 0. The van der Waals surface area contributed by atoms with Crippen molar-refractivity contribution in [2.45, 2.75) is 6.92 Å². The molecule has 0 spiro atoms. The van der Waals surface area contributed by atoms with E-state index >= 15 is 0 Å². The third kappa shape index (κ3) is 3.75. The van der Waals surface area contributed by atoms with E-state index in [2.05, 4.69) is 63.0 Å². The SMILES string of the molecule is Cc1ccc(-n2nc(-c3ccc(Br)cc3)c(Cl)c2-c2ccc(Br)cc2)cc1. The summed E-state index contributed by atoms with van der Waals surface area (Å²) in [5, 5.41) is 5.51. The molecule has 4 rings (SSSR count). The molecule has 0 fully saturated rings. The molecular weight excluding hydrogens is 488 g/mol. The number of aromatic nitrogens is 2. The van der Waals surface area contributed by atoms with E-state index in [1.807, 2.05) is 53.2 Å². The monoisotopic (exact) mass is 500 g/mol. The van der Waals surface area contributed by atoms with Gasteiger partial charge in [-0.1, -0.05) is 85.4 Å². The van der Waals surface area contributed by atoms with Crippen molar-refractivity contribution >= 4 is 43.5 Å². The molecule has 0 saturated heterocycles. The minimum absolute atomic E-state index is 0.639. The average molecular weight is 503 g/mol. The molecule has 0 aliphatic heterocycles. The Morgan fingerprint density at radius 1 is 0.741 bits per heavy atom. The van der Waals surface area contributed by atoms with Crippen LogP contribution in [0.5, 0.6) is 0 Å². The van der Waals surface area contributed by atoms with Gasteiger partial charge in [0.25, 0.3) is 0 Å². The molecule has 1 heterocycles. The van der Waals surface area contributed by atoms with Crippen LogP contribution >= 0.6 is 43.5 Å². The number of hydrogen-bond donors (Lipinski definition) is 0. The van der Waals surface area contributed by atoms with Gasteiger partial charge in [-0.25, -0.2) is 4.68 Å². The van der Waals surface area contributed by atoms with Crippen molar-refractivity contribution in [3.05, 3.63) is 92.3 Å². The Balaban J connectivity index is 1.95. The second-order valence-corrected chi connectivity index (χ2v) is 8.48. The lowest BCUT2D eigenvalue weighted by Gasteiger charge is -2.08. The molecule has 0 saturated carbocycles. The third-order valence-corrected chi connectivity index (χ3v) is 5.76. The summed E-state index contributed by atoms with van der Waals surface area (Å²) in [6, 6.07) is 24.4. The van der Waals surface area contributed by atoms with Crippen LogP contribution in [0.15, 0.2) is 81.7 Å². The minimum atomic E-state index is 0.639. The maximum absolute atomic E-state index is 6.85. The molecule has 1 aromatic heterocycles. The molecule has 0 radical (unpaired) electrons. The van der Waals surface area contributed by atoms with Gasteiger partial charge in [-0.2, -0.15) is 5.10 Å². The summed E-state index contributed by atoms with van der Waals surface area (Å²) in [6.45, 7) is 2.07. The highest BCUT2D eigenvalue weighted by Crippen LogP contribution is 2.38. The Morgan fingerprint density at radius 3 is 1.81 bits per heavy atom. The lowest BCUT2D eigenvalue weighted by molar-refractivity contribution is 0.891. The zero-order chi connectivity index (χ0) is 19.0. The van der Waals surface area contributed by atoms with Crippen molar-refractivity contribution < 1.29 is 0 Å². The summed E-state index contributed by atoms with van der Waals surface area (Å²) < 4.78 is 3.97. The summed E-state index contributed by atoms with van der Waals surface area (Å²) >= 11 is 13.8. The molecule has 3 aromatic carbocycles. The molecule has 4 aromatic rings. The van der Waals surface area contributed by atoms with Gasteiger partial charge < -0.3 is 0 Å². The summed E-state index contributed by atoms with van der Waals surface area (Å²) in [5.41, 5.74) is 5.82. The third-order valence-electron chi connectivity index (χ3n) is 4.34. The van der Waals surface area contributed by atoms with Crippen LogP contribution in [0.1, 0.15) is 5.56 Å². The Kier molecular flexibility index (Phi) is 5.22. The lowest BCUT2D eigenvalue weighted by atomic mass is 10.1. The summed E-state index contributed by atoms with van der Waals surface area (Å²) in [7, 11) is 0. The van der Waals surface area contributed by atoms with Crippen LogP contribution in [0.25, 0.3) is 28.2 Å². The van der Waals surface area contributed by atoms with E-state index in [4.69, 9.17) is 16.7 Å². The van der Waals surface area contributed by atoms with Gasteiger partial charge in [0.05, 0.1) is 16.4 Å². The standard InChI is InChI=1S/C22H15Br2ClN2/c1-14-2-12-19(13-3-14)27-22(16-6-10-18(24)11-7-16)20(25)21(26-27)15-4-8-17(23)9-5-15/h2-13H,1H3. The Morgan fingerprint density at radius 2 is 1.26 bits per heavy atom. The predicted octanol–water partition coefficient (Wildman–Crippen LogP) is 7.69. The molecule has 27 heavy (non-hydrogen) atoms. The van der Waals surface area contributed by atoms with Gasteiger partial charge in [-0.05, 0) is 43.3 Å². The maximum Gasteiger partial charge on any atom is 0.112 e. The number of rotatable bonds is 3. The molecule has 0 unspecified atom stereocenters. The Bertz CT molecular complexity index is 1080. The fourth-order valence-corrected chi connectivity index (χ4v) is 3.79. The molecule has 2 nitrogen and oxygen atoms in total. The molecule has 0 aliphatic carbocycles. The topological polar surface area (TPSA) is 17.8 Å². The molecule has 0 N–H and O–H groups in total. The van der Waals surface area contributed by atoms with E-state index in [1.54, 1.807) is 0 Å². The highest BCUT2D eigenvalue weighted by Gasteiger charge is 2.20. The van der Waals surface area contributed by atoms with Crippen LogP contribution in [0.3, 0.4) is 0 Å². The second-order valence-electron chi connectivity index (χ2n) is 6.27. The van der Waals surface area contributed by atoms with Gasteiger partial charge in [-0.15, -0.1) is 0 Å². The van der Waals surface area contributed by atoms with E-state index in [-0.39, 0.29) is 0 Å². The van der Waals surface area contributed by atoms with Crippen molar-refractivity contribution in [1.82, 2.24) is 9.78 Å². The quantitative estimate of drug-likeness (QED) is 0.281. The molecular formula is C22H15Br2ClN2. The Labute approximate surface area is 180 Å². The summed E-state index contributed by atoms with van der Waals surface area (Å²) in [4.78, 5) is 0. The minimum Gasteiger partial charge on any atom is -0.231 e. The van der Waals surface area contributed by atoms with Crippen molar-refractivity contribution in [2.24, 2.45) is 0 Å². The van der Waals surface area contributed by atoms with Gasteiger partial charge in [0.1, 0.15) is 5.69 Å². The second kappa shape index (κ2) is 7.63. The predicted molar refractivity (Wildman–Crippen MR) is 120 cm³/mol. The first-order valence-corrected chi connectivity index (χ1v) is 10.4. The number of aryl methyl sites for hydroxylation is 1. The molecule has 0 amide bonds. The van der Waals surface area contributed by atoms with Crippen LogP contribution in [-0.4, -0.2) is 9.78 Å². The van der Waals surface area contributed by atoms with E-state index in [0.29, 0.717) is 5.02 Å². The van der Waals surface area contributed by atoms with Crippen molar-refractivity contribution in [2.75, 3.05) is 0 Å². The molecule has 5 heteroatoms. The van der Waals surface area contributed by atoms with Crippen molar-refractivity contribution in [3.8, 4) is 28.2 Å². The van der Waals surface area contributed by atoms with Crippen LogP contribution in [-0.2, 0) is 0 Å². The number of nitrogens with zero attached hydrogens (tertiary/aromatic N) is 2. The van der Waals surface area contributed by atoms with E-state index < -0.39 is 0 Å². The van der Waals surface area contributed by atoms with Crippen molar-refractivity contribution in [3.63, 3.8) is 0 Å². The fraction of sp³-hybridized carbons (Fsp3) is 0.0455. The summed E-state index contributed by atoms with van der Waals surface area (Å²) in [5.74, 6) is 0. The lowest BCUT2D eigenvalue weighted by Crippen LogP contribution is -1.99. The first kappa shape index (κ1) is 18.5. The van der Waals surface area contributed by atoms with E-state index in [1.165, 1.54) is 5.56 Å². The molecule has 134 valence electrons. The maximum atomic E-state index is 6.85. The van der Waals surface area contributed by atoms with Crippen LogP contribution in [0.4, 0.5) is 0 Å². The number of halogens is 3. The Hall–Kier alpha value is -1.88. The smallest absolute Gasteiger partial charge is 0.112 e. The van der Waals surface area contributed by atoms with Crippen LogP contribution in [0, 0.1) is 6.92 Å². The van der Waals surface area contributed by atoms with Crippen LogP contribution in [0.2, 0.25) is 5.02 Å².